The van der Waals surface area contributed by atoms with Gasteiger partial charge in [0.15, 0.2) is 17.1 Å². The number of carbonyl (C=O) groups is 1. The second kappa shape index (κ2) is 6.54. The van der Waals surface area contributed by atoms with Crippen molar-refractivity contribution in [3.05, 3.63) is 50.8 Å². The van der Waals surface area contributed by atoms with E-state index >= 15 is 0 Å². The van der Waals surface area contributed by atoms with Gasteiger partial charge in [-0.3, -0.25) is 4.79 Å². The molecule has 1 aromatic carbocycles. The summed E-state index contributed by atoms with van der Waals surface area (Å²) in [5.74, 6) is 0.448. The van der Waals surface area contributed by atoms with Crippen LogP contribution in [0.2, 0.25) is 0 Å². The molecule has 9 heteroatoms. The van der Waals surface area contributed by atoms with Crippen molar-refractivity contribution in [3.8, 4) is 22.9 Å². The minimum atomic E-state index is -1.87. The first-order valence-electron chi connectivity index (χ1n) is 10.5. The molecule has 3 aromatic rings. The first-order chi connectivity index (χ1) is 15.5. The zero-order chi connectivity index (χ0) is 22.2. The number of pyridine rings is 2. The molecule has 32 heavy (non-hydrogen) atoms. The molecule has 5 heterocycles. The lowest BCUT2D eigenvalue weighted by atomic mass is 9.86. The largest absolute Gasteiger partial charge is 0.458 e. The van der Waals surface area contributed by atoms with Gasteiger partial charge >= 0.3 is 5.97 Å². The molecular weight excluding hydrogens is 416 g/mol. The van der Waals surface area contributed by atoms with E-state index in [1.54, 1.807) is 23.6 Å². The third-order valence-corrected chi connectivity index (χ3v) is 6.66. The van der Waals surface area contributed by atoms with E-state index in [9.17, 15) is 19.8 Å². The second-order valence-electron chi connectivity index (χ2n) is 8.22. The molecule has 0 saturated heterocycles. The summed E-state index contributed by atoms with van der Waals surface area (Å²) in [5, 5.41) is 21.6. The van der Waals surface area contributed by atoms with Crippen LogP contribution < -0.4 is 15.0 Å². The molecular formula is C23H20N2O7. The first kappa shape index (κ1) is 19.3. The molecule has 0 radical (unpaired) electrons. The van der Waals surface area contributed by atoms with Gasteiger partial charge in [0.1, 0.15) is 6.61 Å². The lowest BCUT2D eigenvalue weighted by Crippen LogP contribution is -2.44. The number of cyclic esters (lactones) is 1. The fourth-order valence-corrected chi connectivity index (χ4v) is 4.95. The van der Waals surface area contributed by atoms with E-state index < -0.39 is 11.6 Å². The van der Waals surface area contributed by atoms with Gasteiger partial charge in [0.25, 0.3) is 5.56 Å². The van der Waals surface area contributed by atoms with Crippen molar-refractivity contribution in [2.75, 3.05) is 13.4 Å². The summed E-state index contributed by atoms with van der Waals surface area (Å²) in [6.07, 6.45) is 0.461. The predicted octanol–water partition coefficient (Wildman–Crippen LogP) is 1.34. The molecule has 0 amide bonds. The summed E-state index contributed by atoms with van der Waals surface area (Å²) in [6, 6.07) is 5.33. The number of aliphatic hydroxyl groups is 2. The number of esters is 1. The van der Waals surface area contributed by atoms with Gasteiger partial charge in [0.05, 0.1) is 29.0 Å². The topological polar surface area (TPSA) is 120 Å². The lowest BCUT2D eigenvalue weighted by Gasteiger charge is -2.31. The quantitative estimate of drug-likeness (QED) is 0.462. The standard InChI is InChI=1S/C23H20N2O7/c1-2-23(29)15-6-17-20-13(8-25(17)21(27)14(15)9-30-22(23)28)11(3-4-26)12-5-18-19(32-10-31-18)7-16(12)24-20/h5-7,26,29H,2-4,8-10H2,1H3/t23-/m0/s1. The number of fused-ring (bicyclic) bond motifs is 6. The number of hydrogen-bond donors (Lipinski definition) is 2. The van der Waals surface area contributed by atoms with Gasteiger partial charge in [-0.15, -0.1) is 0 Å². The summed E-state index contributed by atoms with van der Waals surface area (Å²) < 4.78 is 17.7. The summed E-state index contributed by atoms with van der Waals surface area (Å²) in [6.45, 7) is 1.84. The van der Waals surface area contributed by atoms with Crippen molar-refractivity contribution < 1.29 is 29.2 Å². The molecule has 1 atom stereocenters. The molecule has 3 aliphatic rings. The number of aromatic nitrogens is 2. The summed E-state index contributed by atoms with van der Waals surface area (Å²) in [5.41, 5.74) is 1.85. The Morgan fingerprint density at radius 3 is 2.66 bits per heavy atom. The van der Waals surface area contributed by atoms with Gasteiger partial charge < -0.3 is 29.0 Å². The number of aliphatic hydroxyl groups excluding tert-OH is 1. The third kappa shape index (κ3) is 2.37. The average Bonchev–Trinajstić information content (AvgIpc) is 3.40. The lowest BCUT2D eigenvalue weighted by molar-refractivity contribution is -0.172. The van der Waals surface area contributed by atoms with Crippen LogP contribution in [0.4, 0.5) is 0 Å². The van der Waals surface area contributed by atoms with Gasteiger partial charge in [-0.1, -0.05) is 6.92 Å². The summed E-state index contributed by atoms with van der Waals surface area (Å²) in [4.78, 5) is 30.5. The Hall–Kier alpha value is -3.43. The number of hydrogen-bond acceptors (Lipinski definition) is 8. The van der Waals surface area contributed by atoms with Crippen molar-refractivity contribution >= 4 is 16.9 Å². The normalized spacial score (nSPS) is 20.2. The molecule has 0 fully saturated rings. The minimum Gasteiger partial charge on any atom is -0.458 e. The maximum Gasteiger partial charge on any atom is 0.343 e. The fourth-order valence-electron chi connectivity index (χ4n) is 4.95. The zero-order valence-corrected chi connectivity index (χ0v) is 17.3. The monoisotopic (exact) mass is 436 g/mol. The molecule has 0 spiro atoms. The van der Waals surface area contributed by atoms with Crippen LogP contribution in [0.15, 0.2) is 23.0 Å². The maximum atomic E-state index is 13.4. The molecule has 0 saturated carbocycles. The van der Waals surface area contributed by atoms with E-state index in [1.165, 1.54) is 0 Å². The van der Waals surface area contributed by atoms with Gasteiger partial charge in [0, 0.05) is 29.2 Å². The van der Waals surface area contributed by atoms with Gasteiger partial charge in [-0.2, -0.15) is 0 Å². The second-order valence-corrected chi connectivity index (χ2v) is 8.22. The molecule has 0 unspecified atom stereocenters. The maximum absolute atomic E-state index is 13.4. The smallest absolute Gasteiger partial charge is 0.343 e. The number of nitrogens with zero attached hydrogens (tertiary/aromatic N) is 2. The molecule has 2 aromatic heterocycles. The highest BCUT2D eigenvalue weighted by Crippen LogP contribution is 2.43. The summed E-state index contributed by atoms with van der Waals surface area (Å²) >= 11 is 0. The van der Waals surface area contributed by atoms with E-state index in [-0.39, 0.29) is 49.7 Å². The molecule has 0 bridgehead atoms. The molecule has 0 aliphatic carbocycles. The van der Waals surface area contributed by atoms with Crippen LogP contribution in [0.3, 0.4) is 0 Å². The Bertz CT molecular complexity index is 1390. The SMILES string of the molecule is CC[C@@]1(O)C(=O)OCc2c1cc1n(c2=O)Cc2c-1nc1cc3c(cc1c2CCO)OCO3. The Morgan fingerprint density at radius 1 is 1.12 bits per heavy atom. The average molecular weight is 436 g/mol. The van der Waals surface area contributed by atoms with Crippen LogP contribution in [0.25, 0.3) is 22.3 Å². The number of ether oxygens (including phenoxy) is 3. The predicted molar refractivity (Wildman–Crippen MR) is 111 cm³/mol. The van der Waals surface area contributed by atoms with Gasteiger partial charge in [-0.05, 0) is 30.5 Å². The highest BCUT2D eigenvalue weighted by Gasteiger charge is 2.45. The van der Waals surface area contributed by atoms with E-state index in [0.717, 1.165) is 16.5 Å². The molecule has 6 rings (SSSR count). The van der Waals surface area contributed by atoms with Crippen LogP contribution >= 0.6 is 0 Å². The first-order valence-corrected chi connectivity index (χ1v) is 10.5. The third-order valence-electron chi connectivity index (χ3n) is 6.66. The van der Waals surface area contributed by atoms with Crippen molar-refractivity contribution in [1.29, 1.82) is 0 Å². The van der Waals surface area contributed by atoms with Crippen LogP contribution in [-0.4, -0.2) is 39.1 Å². The Kier molecular flexibility index (Phi) is 3.94. The number of carbonyl (C=O) groups excluding carboxylic acids is 1. The fraction of sp³-hybridized carbons (Fsp3) is 0.348. The highest BCUT2D eigenvalue weighted by atomic mass is 16.7. The van der Waals surface area contributed by atoms with E-state index in [2.05, 4.69) is 0 Å². The summed E-state index contributed by atoms with van der Waals surface area (Å²) in [7, 11) is 0. The van der Waals surface area contributed by atoms with Crippen LogP contribution in [0.5, 0.6) is 11.5 Å². The molecule has 164 valence electrons. The van der Waals surface area contributed by atoms with Crippen LogP contribution in [0, 0.1) is 0 Å². The van der Waals surface area contributed by atoms with Gasteiger partial charge in [0.2, 0.25) is 6.79 Å². The Balaban J connectivity index is 1.65. The Labute approximate surface area is 181 Å². The van der Waals surface area contributed by atoms with E-state index in [1.807, 2.05) is 6.07 Å². The van der Waals surface area contributed by atoms with Crippen LogP contribution in [0.1, 0.15) is 35.6 Å². The zero-order valence-electron chi connectivity index (χ0n) is 17.3. The molecule has 2 N–H and O–H groups in total. The highest BCUT2D eigenvalue weighted by molar-refractivity contribution is 5.91. The van der Waals surface area contributed by atoms with Gasteiger partial charge in [-0.25, -0.2) is 9.78 Å². The molecule has 3 aliphatic heterocycles. The number of benzene rings is 1. The molecule has 9 nitrogen and oxygen atoms in total. The van der Waals surface area contributed by atoms with Crippen LogP contribution in [-0.2, 0) is 34.7 Å². The van der Waals surface area contributed by atoms with Crippen molar-refractivity contribution in [3.63, 3.8) is 0 Å². The van der Waals surface area contributed by atoms with Crippen molar-refractivity contribution in [2.24, 2.45) is 0 Å². The van der Waals surface area contributed by atoms with Crippen molar-refractivity contribution in [1.82, 2.24) is 9.55 Å². The van der Waals surface area contributed by atoms with E-state index in [0.29, 0.717) is 34.8 Å². The van der Waals surface area contributed by atoms with E-state index in [4.69, 9.17) is 19.2 Å². The van der Waals surface area contributed by atoms with Crippen molar-refractivity contribution in [2.45, 2.75) is 38.5 Å². The number of rotatable bonds is 3. The Morgan fingerprint density at radius 2 is 1.91 bits per heavy atom. The minimum absolute atomic E-state index is 0.0698.